The standard InChI is InChI=1S/C25H29N3O2S/c1-30-22-9-5-6-19(16-22)17-26-14-12-21-10-11-25(29)28(21)15-13-24-27-23(18-31-24)20-7-3-2-4-8-20/h2-9,16,18,21,26H,10-15,17H2,1H3/t21-/m0/s1. The van der Waals surface area contributed by atoms with Gasteiger partial charge in [-0.2, -0.15) is 0 Å². The van der Waals surface area contributed by atoms with Gasteiger partial charge in [-0.15, -0.1) is 11.3 Å². The number of amides is 1. The normalized spacial score (nSPS) is 16.1. The minimum absolute atomic E-state index is 0.276. The van der Waals surface area contributed by atoms with Crippen LogP contribution in [0.25, 0.3) is 11.3 Å². The van der Waals surface area contributed by atoms with Crippen molar-refractivity contribution in [2.45, 2.75) is 38.3 Å². The van der Waals surface area contributed by atoms with Crippen LogP contribution in [0.3, 0.4) is 0 Å². The average molecular weight is 436 g/mol. The number of rotatable bonds is 10. The van der Waals surface area contributed by atoms with Gasteiger partial charge in [-0.3, -0.25) is 4.79 Å². The topological polar surface area (TPSA) is 54.5 Å². The molecule has 3 aromatic rings. The van der Waals surface area contributed by atoms with E-state index in [9.17, 15) is 4.79 Å². The van der Waals surface area contributed by atoms with E-state index in [2.05, 4.69) is 39.9 Å². The lowest BCUT2D eigenvalue weighted by Gasteiger charge is -2.24. The molecular weight excluding hydrogens is 406 g/mol. The number of nitrogens with zero attached hydrogens (tertiary/aromatic N) is 2. The molecule has 0 saturated carbocycles. The van der Waals surface area contributed by atoms with Gasteiger partial charge in [-0.25, -0.2) is 4.98 Å². The SMILES string of the molecule is COc1cccc(CNCC[C@@H]2CCC(=O)N2CCc2nc(-c3ccccc3)cs2)c1. The molecule has 1 aliphatic rings. The third-order valence-corrected chi connectivity index (χ3v) is 6.67. The number of benzene rings is 2. The molecule has 0 aliphatic carbocycles. The van der Waals surface area contributed by atoms with Crippen molar-refractivity contribution in [3.8, 4) is 17.0 Å². The van der Waals surface area contributed by atoms with Crippen molar-refractivity contribution in [2.75, 3.05) is 20.2 Å². The summed E-state index contributed by atoms with van der Waals surface area (Å²) in [5.74, 6) is 1.15. The second-order valence-electron chi connectivity index (χ2n) is 7.84. The zero-order valence-corrected chi connectivity index (χ0v) is 18.7. The molecule has 5 nitrogen and oxygen atoms in total. The Morgan fingerprint density at radius 3 is 2.90 bits per heavy atom. The molecule has 0 radical (unpaired) electrons. The van der Waals surface area contributed by atoms with E-state index in [-0.39, 0.29) is 5.91 Å². The van der Waals surface area contributed by atoms with E-state index in [4.69, 9.17) is 9.72 Å². The molecule has 1 saturated heterocycles. The van der Waals surface area contributed by atoms with Crippen molar-refractivity contribution in [2.24, 2.45) is 0 Å². The Morgan fingerprint density at radius 2 is 2.06 bits per heavy atom. The molecule has 162 valence electrons. The Kier molecular flexibility index (Phi) is 7.33. The first kappa shape index (κ1) is 21.5. The number of carbonyl (C=O) groups is 1. The number of nitrogens with one attached hydrogen (secondary N) is 1. The highest BCUT2D eigenvalue weighted by molar-refractivity contribution is 7.09. The number of hydrogen-bond donors (Lipinski definition) is 1. The first-order chi connectivity index (χ1) is 15.2. The van der Waals surface area contributed by atoms with E-state index < -0.39 is 0 Å². The second kappa shape index (κ2) is 10.6. The van der Waals surface area contributed by atoms with Crippen molar-refractivity contribution < 1.29 is 9.53 Å². The summed E-state index contributed by atoms with van der Waals surface area (Å²) < 4.78 is 5.28. The quantitative estimate of drug-likeness (QED) is 0.475. The summed E-state index contributed by atoms with van der Waals surface area (Å²) in [6.45, 7) is 2.45. The van der Waals surface area contributed by atoms with Gasteiger partial charge in [-0.05, 0) is 37.1 Å². The molecule has 1 N–H and O–H groups in total. The molecule has 1 aliphatic heterocycles. The van der Waals surface area contributed by atoms with Crippen molar-refractivity contribution in [1.29, 1.82) is 0 Å². The zero-order valence-electron chi connectivity index (χ0n) is 17.9. The van der Waals surface area contributed by atoms with Gasteiger partial charge in [0.05, 0.1) is 17.8 Å². The van der Waals surface area contributed by atoms with E-state index in [1.165, 1.54) is 5.56 Å². The summed E-state index contributed by atoms with van der Waals surface area (Å²) in [7, 11) is 1.69. The van der Waals surface area contributed by atoms with Crippen LogP contribution in [0.5, 0.6) is 5.75 Å². The van der Waals surface area contributed by atoms with Gasteiger partial charge in [0.25, 0.3) is 0 Å². The third-order valence-electron chi connectivity index (χ3n) is 5.76. The third kappa shape index (κ3) is 5.71. The molecule has 0 spiro atoms. The number of hydrogen-bond acceptors (Lipinski definition) is 5. The molecule has 1 aromatic heterocycles. The lowest BCUT2D eigenvalue weighted by Crippen LogP contribution is -2.36. The van der Waals surface area contributed by atoms with Gasteiger partial charge in [0.1, 0.15) is 5.75 Å². The summed E-state index contributed by atoms with van der Waals surface area (Å²) in [5.41, 5.74) is 3.37. The van der Waals surface area contributed by atoms with Gasteiger partial charge in [0.2, 0.25) is 5.91 Å². The Hall–Kier alpha value is -2.70. The van der Waals surface area contributed by atoms with Gasteiger partial charge in [0.15, 0.2) is 0 Å². The van der Waals surface area contributed by atoms with E-state index in [1.807, 2.05) is 30.3 Å². The average Bonchev–Trinajstić information content (AvgIpc) is 3.42. The number of likely N-dealkylation sites (tertiary alicyclic amines) is 1. The predicted octanol–water partition coefficient (Wildman–Crippen LogP) is 4.53. The van der Waals surface area contributed by atoms with Crippen molar-refractivity contribution in [3.05, 3.63) is 70.5 Å². The summed E-state index contributed by atoms with van der Waals surface area (Å²) in [6, 6.07) is 18.7. The van der Waals surface area contributed by atoms with Crippen LogP contribution in [-0.4, -0.2) is 42.0 Å². The van der Waals surface area contributed by atoms with E-state index >= 15 is 0 Å². The lowest BCUT2D eigenvalue weighted by atomic mass is 10.1. The van der Waals surface area contributed by atoms with Gasteiger partial charge < -0.3 is 15.0 Å². The molecule has 2 heterocycles. The smallest absolute Gasteiger partial charge is 0.222 e. The Morgan fingerprint density at radius 1 is 1.19 bits per heavy atom. The summed E-state index contributed by atoms with van der Waals surface area (Å²) >= 11 is 1.68. The predicted molar refractivity (Wildman–Crippen MR) is 125 cm³/mol. The molecule has 0 unspecified atom stereocenters. The molecule has 1 amide bonds. The van der Waals surface area contributed by atoms with Crippen LogP contribution in [-0.2, 0) is 17.8 Å². The minimum Gasteiger partial charge on any atom is -0.497 e. The highest BCUT2D eigenvalue weighted by atomic mass is 32.1. The molecule has 2 aromatic carbocycles. The van der Waals surface area contributed by atoms with Crippen LogP contribution in [0, 0.1) is 0 Å². The fraction of sp³-hybridized carbons (Fsp3) is 0.360. The Bertz CT molecular complexity index is 989. The maximum absolute atomic E-state index is 12.4. The number of thiazole rings is 1. The van der Waals surface area contributed by atoms with Crippen molar-refractivity contribution in [1.82, 2.24) is 15.2 Å². The van der Waals surface area contributed by atoms with Crippen LogP contribution in [0.1, 0.15) is 29.8 Å². The van der Waals surface area contributed by atoms with Crippen LogP contribution in [0.2, 0.25) is 0 Å². The summed E-state index contributed by atoms with van der Waals surface area (Å²) in [5, 5.41) is 6.71. The van der Waals surface area contributed by atoms with E-state index in [0.29, 0.717) is 12.5 Å². The first-order valence-corrected chi connectivity index (χ1v) is 11.7. The molecule has 31 heavy (non-hydrogen) atoms. The molecule has 6 heteroatoms. The minimum atomic E-state index is 0.276. The molecule has 0 bridgehead atoms. The van der Waals surface area contributed by atoms with Crippen LogP contribution >= 0.6 is 11.3 Å². The molecule has 4 rings (SSSR count). The molecular formula is C25H29N3O2S. The number of aromatic nitrogens is 1. The lowest BCUT2D eigenvalue weighted by molar-refractivity contribution is -0.129. The van der Waals surface area contributed by atoms with Gasteiger partial charge in [0, 0.05) is 42.9 Å². The van der Waals surface area contributed by atoms with E-state index in [1.54, 1.807) is 18.4 Å². The maximum Gasteiger partial charge on any atom is 0.222 e. The summed E-state index contributed by atoms with van der Waals surface area (Å²) in [4.78, 5) is 19.3. The van der Waals surface area contributed by atoms with Gasteiger partial charge in [-0.1, -0.05) is 42.5 Å². The molecule has 1 fully saturated rings. The number of carbonyl (C=O) groups excluding carboxylic acids is 1. The summed E-state index contributed by atoms with van der Waals surface area (Å²) in [6.07, 6.45) is 3.40. The van der Waals surface area contributed by atoms with E-state index in [0.717, 1.165) is 60.9 Å². The number of ether oxygens (including phenoxy) is 1. The highest BCUT2D eigenvalue weighted by Crippen LogP contribution is 2.25. The van der Waals surface area contributed by atoms with Crippen molar-refractivity contribution >= 4 is 17.2 Å². The zero-order chi connectivity index (χ0) is 21.5. The number of methoxy groups -OCH3 is 1. The second-order valence-corrected chi connectivity index (χ2v) is 8.78. The highest BCUT2D eigenvalue weighted by Gasteiger charge is 2.30. The van der Waals surface area contributed by atoms with Crippen LogP contribution < -0.4 is 10.1 Å². The largest absolute Gasteiger partial charge is 0.497 e. The van der Waals surface area contributed by atoms with Crippen molar-refractivity contribution in [3.63, 3.8) is 0 Å². The van der Waals surface area contributed by atoms with Crippen LogP contribution in [0.15, 0.2) is 60.0 Å². The maximum atomic E-state index is 12.4. The molecule has 1 atom stereocenters. The fourth-order valence-corrected chi connectivity index (χ4v) is 4.86. The fourth-order valence-electron chi connectivity index (χ4n) is 4.07. The Balaban J connectivity index is 1.25. The Labute approximate surface area is 188 Å². The monoisotopic (exact) mass is 435 g/mol. The van der Waals surface area contributed by atoms with Crippen LogP contribution in [0.4, 0.5) is 0 Å². The van der Waals surface area contributed by atoms with Gasteiger partial charge >= 0.3 is 0 Å². The first-order valence-electron chi connectivity index (χ1n) is 10.9.